The first-order valence-electron chi connectivity index (χ1n) is 6.65. The Kier molecular flexibility index (Phi) is 5.91. The number of rotatable bonds is 6. The highest BCUT2D eigenvalue weighted by molar-refractivity contribution is 7.99. The van der Waals surface area contributed by atoms with Crippen molar-refractivity contribution in [1.82, 2.24) is 10.1 Å². The van der Waals surface area contributed by atoms with E-state index < -0.39 is 0 Å². The monoisotopic (exact) mass is 284 g/mol. The molecule has 0 aromatic carbocycles. The second-order valence-corrected chi connectivity index (χ2v) is 6.27. The summed E-state index contributed by atoms with van der Waals surface area (Å²) in [5.41, 5.74) is 2.03. The first-order chi connectivity index (χ1) is 8.84. The lowest BCUT2D eigenvalue weighted by atomic mass is 10.2. The van der Waals surface area contributed by atoms with Gasteiger partial charge in [0.2, 0.25) is 5.91 Å². The lowest BCUT2D eigenvalue weighted by Crippen LogP contribution is -2.43. The molecule has 0 saturated heterocycles. The molecule has 0 aliphatic heterocycles. The Morgan fingerprint density at radius 1 is 1.26 bits per heavy atom. The number of thioether (sulfide) groups is 1. The molecule has 0 unspecified atom stereocenters. The smallest absolute Gasteiger partial charge is 0.233 e. The van der Waals surface area contributed by atoms with Gasteiger partial charge in [-0.3, -0.25) is 4.79 Å². The third kappa shape index (κ3) is 4.27. The standard InChI is InChI=1S/C14H24N2O2S/c1-9(2)16(10(3)4)14(17)8-19-7-13-11(5)15-18-12(13)6/h9-10H,7-8H2,1-6H3. The van der Waals surface area contributed by atoms with Crippen molar-refractivity contribution in [2.24, 2.45) is 0 Å². The van der Waals surface area contributed by atoms with Crippen molar-refractivity contribution in [2.75, 3.05) is 5.75 Å². The summed E-state index contributed by atoms with van der Waals surface area (Å²) in [5, 5.41) is 3.92. The number of hydrogen-bond donors (Lipinski definition) is 0. The summed E-state index contributed by atoms with van der Waals surface area (Å²) in [6.07, 6.45) is 0. The van der Waals surface area contributed by atoms with Crippen LogP contribution in [0.15, 0.2) is 4.52 Å². The van der Waals surface area contributed by atoms with Crippen LogP contribution in [0.4, 0.5) is 0 Å². The molecule has 0 fully saturated rings. The molecule has 0 atom stereocenters. The van der Waals surface area contributed by atoms with Gasteiger partial charge in [-0.15, -0.1) is 11.8 Å². The Bertz CT molecular complexity index is 400. The predicted molar refractivity (Wildman–Crippen MR) is 79.3 cm³/mol. The molecule has 1 heterocycles. The van der Waals surface area contributed by atoms with Crippen LogP contribution in [0.25, 0.3) is 0 Å². The molecule has 19 heavy (non-hydrogen) atoms. The summed E-state index contributed by atoms with van der Waals surface area (Å²) in [6.45, 7) is 12.1. The molecule has 108 valence electrons. The van der Waals surface area contributed by atoms with Gasteiger partial charge in [0.15, 0.2) is 0 Å². The van der Waals surface area contributed by atoms with Crippen LogP contribution in [0, 0.1) is 13.8 Å². The maximum Gasteiger partial charge on any atom is 0.233 e. The van der Waals surface area contributed by atoms with E-state index in [0.29, 0.717) is 5.75 Å². The maximum atomic E-state index is 12.2. The lowest BCUT2D eigenvalue weighted by Gasteiger charge is -2.30. The lowest BCUT2D eigenvalue weighted by molar-refractivity contribution is -0.131. The van der Waals surface area contributed by atoms with E-state index in [2.05, 4.69) is 32.9 Å². The van der Waals surface area contributed by atoms with Gasteiger partial charge in [-0.1, -0.05) is 5.16 Å². The Labute approximate surface area is 119 Å². The minimum Gasteiger partial charge on any atom is -0.361 e. The van der Waals surface area contributed by atoms with Gasteiger partial charge in [-0.25, -0.2) is 0 Å². The zero-order valence-corrected chi connectivity index (χ0v) is 13.5. The molecule has 0 spiro atoms. The highest BCUT2D eigenvalue weighted by Gasteiger charge is 2.20. The molecule has 0 bridgehead atoms. The van der Waals surface area contributed by atoms with Gasteiger partial charge in [-0.05, 0) is 41.5 Å². The van der Waals surface area contributed by atoms with Crippen molar-refractivity contribution in [1.29, 1.82) is 0 Å². The van der Waals surface area contributed by atoms with Crippen LogP contribution in [0.1, 0.15) is 44.7 Å². The largest absolute Gasteiger partial charge is 0.361 e. The number of carbonyl (C=O) groups is 1. The molecule has 1 amide bonds. The van der Waals surface area contributed by atoms with Crippen molar-refractivity contribution in [3.63, 3.8) is 0 Å². The molecule has 0 N–H and O–H groups in total. The van der Waals surface area contributed by atoms with Gasteiger partial charge < -0.3 is 9.42 Å². The molecule has 5 heteroatoms. The zero-order valence-electron chi connectivity index (χ0n) is 12.7. The number of amides is 1. The fraction of sp³-hybridized carbons (Fsp3) is 0.714. The van der Waals surface area contributed by atoms with Crippen molar-refractivity contribution in [3.8, 4) is 0 Å². The molecule has 0 saturated carbocycles. The van der Waals surface area contributed by atoms with Crippen LogP contribution < -0.4 is 0 Å². The van der Waals surface area contributed by atoms with Gasteiger partial charge in [-0.2, -0.15) is 0 Å². The first kappa shape index (κ1) is 16.1. The Morgan fingerprint density at radius 2 is 1.84 bits per heavy atom. The van der Waals surface area contributed by atoms with Crippen molar-refractivity contribution in [3.05, 3.63) is 17.0 Å². The summed E-state index contributed by atoms with van der Waals surface area (Å²) in [4.78, 5) is 14.1. The van der Waals surface area contributed by atoms with Gasteiger partial charge in [0.1, 0.15) is 5.76 Å². The zero-order chi connectivity index (χ0) is 14.6. The number of hydrogen-bond acceptors (Lipinski definition) is 4. The average Bonchev–Trinajstić information content (AvgIpc) is 2.59. The molecule has 0 aliphatic rings. The normalized spacial score (nSPS) is 11.4. The van der Waals surface area contributed by atoms with Crippen LogP contribution in [0.5, 0.6) is 0 Å². The minimum absolute atomic E-state index is 0.196. The topological polar surface area (TPSA) is 46.3 Å². The quantitative estimate of drug-likeness (QED) is 0.805. The number of aromatic nitrogens is 1. The van der Waals surface area contributed by atoms with E-state index in [9.17, 15) is 4.79 Å². The Balaban J connectivity index is 2.51. The maximum absolute atomic E-state index is 12.2. The van der Waals surface area contributed by atoms with Gasteiger partial charge in [0.05, 0.1) is 11.4 Å². The van der Waals surface area contributed by atoms with Gasteiger partial charge in [0, 0.05) is 23.4 Å². The summed E-state index contributed by atoms with van der Waals surface area (Å²) in [6, 6.07) is 0.485. The summed E-state index contributed by atoms with van der Waals surface area (Å²) in [7, 11) is 0. The van der Waals surface area contributed by atoms with E-state index in [0.717, 1.165) is 22.8 Å². The first-order valence-corrected chi connectivity index (χ1v) is 7.80. The molecule has 1 aromatic heterocycles. The molecule has 1 aromatic rings. The number of nitrogens with zero attached hydrogens (tertiary/aromatic N) is 2. The van der Waals surface area contributed by atoms with E-state index in [4.69, 9.17) is 4.52 Å². The predicted octanol–water partition coefficient (Wildman–Crippen LogP) is 3.17. The molecular formula is C14H24N2O2S. The van der Waals surface area contributed by atoms with Crippen LogP contribution in [-0.2, 0) is 10.5 Å². The Morgan fingerprint density at radius 3 is 2.26 bits per heavy atom. The molecular weight excluding hydrogens is 260 g/mol. The summed E-state index contributed by atoms with van der Waals surface area (Å²) >= 11 is 1.62. The third-order valence-corrected chi connectivity index (χ3v) is 4.00. The van der Waals surface area contributed by atoms with Crippen LogP contribution in [0.2, 0.25) is 0 Å². The van der Waals surface area contributed by atoms with E-state index in [-0.39, 0.29) is 18.0 Å². The van der Waals surface area contributed by atoms with Crippen molar-refractivity contribution in [2.45, 2.75) is 59.4 Å². The average molecular weight is 284 g/mol. The second kappa shape index (κ2) is 6.98. The van der Waals surface area contributed by atoms with E-state index in [1.54, 1.807) is 11.8 Å². The van der Waals surface area contributed by atoms with Gasteiger partial charge >= 0.3 is 0 Å². The summed E-state index contributed by atoms with van der Waals surface area (Å²) in [5.74, 6) is 2.32. The second-order valence-electron chi connectivity index (χ2n) is 5.28. The molecule has 0 aliphatic carbocycles. The van der Waals surface area contributed by atoms with E-state index in [1.165, 1.54) is 0 Å². The van der Waals surface area contributed by atoms with E-state index in [1.807, 2.05) is 18.7 Å². The Hall–Kier alpha value is -0.970. The summed E-state index contributed by atoms with van der Waals surface area (Å²) < 4.78 is 5.12. The highest BCUT2D eigenvalue weighted by atomic mass is 32.2. The van der Waals surface area contributed by atoms with Crippen LogP contribution >= 0.6 is 11.8 Å². The molecule has 0 radical (unpaired) electrons. The number of aryl methyl sites for hydroxylation is 2. The minimum atomic E-state index is 0.196. The van der Waals surface area contributed by atoms with Crippen molar-refractivity contribution < 1.29 is 9.32 Å². The highest BCUT2D eigenvalue weighted by Crippen LogP contribution is 2.20. The van der Waals surface area contributed by atoms with Gasteiger partial charge in [0.25, 0.3) is 0 Å². The van der Waals surface area contributed by atoms with Crippen LogP contribution in [-0.4, -0.2) is 33.8 Å². The van der Waals surface area contributed by atoms with Crippen molar-refractivity contribution >= 4 is 17.7 Å². The number of carbonyl (C=O) groups excluding carboxylic acids is 1. The fourth-order valence-electron chi connectivity index (χ4n) is 2.20. The molecule has 4 nitrogen and oxygen atoms in total. The third-order valence-electron chi connectivity index (χ3n) is 3.05. The SMILES string of the molecule is Cc1noc(C)c1CSCC(=O)N(C(C)C)C(C)C. The van der Waals surface area contributed by atoms with Crippen LogP contribution in [0.3, 0.4) is 0 Å². The fourth-order valence-corrected chi connectivity index (χ4v) is 3.24. The molecule has 1 rings (SSSR count). The van der Waals surface area contributed by atoms with E-state index >= 15 is 0 Å².